The second-order valence-corrected chi connectivity index (χ2v) is 18.6. The molecule has 0 aliphatic carbocycles. The molecule has 0 aliphatic rings. The Morgan fingerprint density at radius 1 is 0.630 bits per heavy atom. The zero-order valence-electron chi connectivity index (χ0n) is 36.3. The van der Waals surface area contributed by atoms with Crippen molar-refractivity contribution in [3.63, 3.8) is 0 Å². The maximum absolute atomic E-state index is 7.28. The van der Waals surface area contributed by atoms with Crippen LogP contribution in [0.15, 0.2) is 136 Å². The SMILES string of the molecule is CC[Si](CC)(CC)c1ccc(-c2ccnc(-c3[c-]ccc4c3oc3c4ccc4c5ccccc5oc43)c2)cc1.[2H]C([2H])([2H])c1c[c-]c(-c2ccc(C([2H])([2H])[2H])cn2)cc1.[Ir]. The predicted octanol–water partition coefficient (Wildman–Crippen LogP) is 12.9. The molecule has 271 valence electrons. The summed E-state index contributed by atoms with van der Waals surface area (Å²) in [5.41, 5.74) is 8.80. The van der Waals surface area contributed by atoms with Crippen molar-refractivity contribution >= 4 is 57.1 Å². The van der Waals surface area contributed by atoms with Gasteiger partial charge in [-0.3, -0.25) is 0 Å². The minimum atomic E-state index is -2.18. The summed E-state index contributed by atoms with van der Waals surface area (Å²) in [7, 11) is -1.40. The van der Waals surface area contributed by atoms with E-state index in [1.165, 1.54) is 48.1 Å². The number of pyridine rings is 2. The summed E-state index contributed by atoms with van der Waals surface area (Å²) in [5.74, 6) is 0. The van der Waals surface area contributed by atoms with E-state index < -0.39 is 21.8 Å². The number of hydrogen-bond acceptors (Lipinski definition) is 4. The predicted molar refractivity (Wildman–Crippen MR) is 223 cm³/mol. The molecule has 4 heterocycles. The minimum absolute atomic E-state index is 0. The topological polar surface area (TPSA) is 52.1 Å². The van der Waals surface area contributed by atoms with Crippen LogP contribution in [0.2, 0.25) is 18.1 Å². The fraction of sp³-hybridized carbons (Fsp3) is 0.167. The maximum atomic E-state index is 7.28. The molecule has 9 aromatic rings. The summed E-state index contributed by atoms with van der Waals surface area (Å²) in [5, 5.41) is 5.79. The molecular formula is C48H42IrN2O2Si-2. The van der Waals surface area contributed by atoms with Gasteiger partial charge in [-0.2, -0.15) is 0 Å². The Balaban J connectivity index is 0.000000220. The van der Waals surface area contributed by atoms with Gasteiger partial charge in [0, 0.05) is 56.9 Å². The first-order chi connectivity index (χ1) is 28.3. The van der Waals surface area contributed by atoms with E-state index in [1.807, 2.05) is 30.5 Å². The van der Waals surface area contributed by atoms with Crippen molar-refractivity contribution < 1.29 is 37.2 Å². The number of para-hydroxylation sites is 1. The number of benzene rings is 5. The molecule has 9 rings (SSSR count). The molecule has 0 N–H and O–H groups in total. The zero-order valence-corrected chi connectivity index (χ0v) is 33.7. The van der Waals surface area contributed by atoms with Gasteiger partial charge in [-0.25, -0.2) is 0 Å². The molecule has 5 aromatic carbocycles. The van der Waals surface area contributed by atoms with E-state index in [1.54, 1.807) is 17.3 Å². The van der Waals surface area contributed by atoms with E-state index in [9.17, 15) is 0 Å². The van der Waals surface area contributed by atoms with Crippen molar-refractivity contribution in [1.29, 1.82) is 0 Å². The van der Waals surface area contributed by atoms with Gasteiger partial charge in [-0.05, 0) is 53.1 Å². The van der Waals surface area contributed by atoms with Gasteiger partial charge >= 0.3 is 0 Å². The van der Waals surface area contributed by atoms with Gasteiger partial charge < -0.3 is 18.8 Å². The molecule has 0 saturated carbocycles. The molecule has 0 fully saturated rings. The van der Waals surface area contributed by atoms with E-state index >= 15 is 0 Å². The first-order valence-corrected chi connectivity index (χ1v) is 20.7. The van der Waals surface area contributed by atoms with Gasteiger partial charge in [0.1, 0.15) is 5.58 Å². The fourth-order valence-electron chi connectivity index (χ4n) is 7.44. The average molecular weight is 905 g/mol. The van der Waals surface area contributed by atoms with Gasteiger partial charge in [-0.1, -0.05) is 129 Å². The second kappa shape index (κ2) is 15.7. The van der Waals surface area contributed by atoms with E-state index in [-0.39, 0.29) is 31.2 Å². The third kappa shape index (κ3) is 6.86. The Bertz CT molecular complexity index is 2850. The molecule has 0 unspecified atom stereocenters. The van der Waals surface area contributed by atoms with Crippen LogP contribution in [-0.4, -0.2) is 18.0 Å². The van der Waals surface area contributed by atoms with Crippen molar-refractivity contribution in [2.24, 2.45) is 0 Å². The Hall–Kier alpha value is -5.13. The van der Waals surface area contributed by atoms with Gasteiger partial charge in [-0.15, -0.1) is 53.6 Å². The number of fused-ring (bicyclic) bond motifs is 7. The smallest absolute Gasteiger partial charge is 0.177 e. The Labute approximate surface area is 340 Å². The molecule has 6 heteroatoms. The number of hydrogen-bond donors (Lipinski definition) is 0. The van der Waals surface area contributed by atoms with Crippen molar-refractivity contribution in [2.45, 2.75) is 52.6 Å². The summed E-state index contributed by atoms with van der Waals surface area (Å²) < 4.78 is 56.5. The van der Waals surface area contributed by atoms with E-state index in [4.69, 9.17) is 22.0 Å². The van der Waals surface area contributed by atoms with Crippen molar-refractivity contribution in [3.8, 4) is 33.6 Å². The van der Waals surface area contributed by atoms with Gasteiger partial charge in [0.15, 0.2) is 11.2 Å². The second-order valence-electron chi connectivity index (χ2n) is 13.4. The number of nitrogens with zero attached hydrogens (tertiary/aromatic N) is 2. The van der Waals surface area contributed by atoms with Crippen LogP contribution in [-0.2, 0) is 20.1 Å². The summed E-state index contributed by atoms with van der Waals surface area (Å²) in [4.78, 5) is 8.82. The molecule has 0 aliphatic heterocycles. The van der Waals surface area contributed by atoms with Crippen LogP contribution in [0.4, 0.5) is 0 Å². The van der Waals surface area contributed by atoms with Crippen LogP contribution >= 0.6 is 0 Å². The van der Waals surface area contributed by atoms with Crippen LogP contribution in [0, 0.1) is 25.8 Å². The first-order valence-electron chi connectivity index (χ1n) is 21.1. The third-order valence-electron chi connectivity index (χ3n) is 10.7. The molecular weight excluding hydrogens is 857 g/mol. The van der Waals surface area contributed by atoms with Gasteiger partial charge in [0.05, 0.1) is 13.7 Å². The minimum Gasteiger partial charge on any atom is -0.497 e. The summed E-state index contributed by atoms with van der Waals surface area (Å²) in [6.45, 7) is 2.73. The third-order valence-corrected chi connectivity index (χ3v) is 16.3. The number of aryl methyl sites for hydroxylation is 2. The Morgan fingerprint density at radius 3 is 2.06 bits per heavy atom. The quantitative estimate of drug-likeness (QED) is 0.118. The Morgan fingerprint density at radius 2 is 1.35 bits per heavy atom. The van der Waals surface area contributed by atoms with Crippen LogP contribution in [0.1, 0.15) is 40.1 Å². The largest absolute Gasteiger partial charge is 0.497 e. The van der Waals surface area contributed by atoms with E-state index in [0.717, 1.165) is 60.7 Å². The average Bonchev–Trinajstić information content (AvgIpc) is 3.84. The molecule has 4 nitrogen and oxygen atoms in total. The molecule has 0 bridgehead atoms. The molecule has 0 saturated heterocycles. The van der Waals surface area contributed by atoms with Crippen LogP contribution in [0.5, 0.6) is 0 Å². The van der Waals surface area contributed by atoms with Gasteiger partial charge in [0.2, 0.25) is 0 Å². The molecule has 0 spiro atoms. The Kier molecular flexibility index (Phi) is 8.78. The monoisotopic (exact) mass is 905 g/mol. The molecule has 1 radical (unpaired) electrons. The van der Waals surface area contributed by atoms with E-state index in [0.29, 0.717) is 11.3 Å². The fourth-order valence-corrected chi connectivity index (χ4v) is 11.0. The summed E-state index contributed by atoms with van der Waals surface area (Å²) in [6.07, 6.45) is 3.18. The number of aromatic nitrogens is 2. The molecule has 0 atom stereocenters. The molecule has 4 aromatic heterocycles. The van der Waals surface area contributed by atoms with Crippen LogP contribution in [0.25, 0.3) is 77.5 Å². The molecule has 54 heavy (non-hydrogen) atoms. The van der Waals surface area contributed by atoms with Crippen molar-refractivity contribution in [1.82, 2.24) is 9.97 Å². The maximum Gasteiger partial charge on any atom is 0.177 e. The normalized spacial score (nSPS) is 13.6. The van der Waals surface area contributed by atoms with Crippen molar-refractivity contribution in [2.75, 3.05) is 0 Å². The standard InChI is InChI=1S/C35H30NO2Si.C13H12N.Ir/c1-4-39(5-2,6-3)25-16-14-23(15-17-25)24-20-21-36-31(22-24)30-12-9-11-27-29-19-18-28-26-10-7-8-13-32(26)37-34(28)35(29)38-33(27)30;1-10-3-6-12(7-4-10)13-8-5-11(2)9-14-13;/h7-11,13-22H,4-6H2,1-3H3;3-6,8-9H,1-2H3;/q2*-1;/i;1D3,2D3;. The summed E-state index contributed by atoms with van der Waals surface area (Å²) >= 11 is 0. The number of rotatable bonds is 7. The van der Waals surface area contributed by atoms with Gasteiger partial charge in [0.25, 0.3) is 0 Å². The van der Waals surface area contributed by atoms with E-state index in [2.05, 4.69) is 98.6 Å². The molecule has 0 amide bonds. The number of furan rings is 2. The van der Waals surface area contributed by atoms with Crippen molar-refractivity contribution in [3.05, 3.63) is 151 Å². The van der Waals surface area contributed by atoms with Crippen LogP contribution in [0.3, 0.4) is 0 Å². The first kappa shape index (κ1) is 30.2. The zero-order chi connectivity index (χ0) is 41.5. The summed E-state index contributed by atoms with van der Waals surface area (Å²) in [6, 6.07) is 47.6. The van der Waals surface area contributed by atoms with Crippen LogP contribution < -0.4 is 5.19 Å².